The minimum Gasteiger partial charge on any atom is -0.331 e. The van der Waals surface area contributed by atoms with Gasteiger partial charge in [-0.1, -0.05) is 30.3 Å². The van der Waals surface area contributed by atoms with Crippen molar-refractivity contribution in [3.63, 3.8) is 0 Å². The number of benzene rings is 1. The lowest BCUT2D eigenvalue weighted by Gasteiger charge is -2.07. The maximum absolute atomic E-state index is 8.74. The molecule has 88 valence electrons. The first-order valence-electron chi connectivity index (χ1n) is 5.71. The van der Waals surface area contributed by atoms with Crippen molar-refractivity contribution in [2.75, 3.05) is 0 Å². The lowest BCUT2D eigenvalue weighted by molar-refractivity contribution is 0.604. The molecular formula is C14H12N4. The van der Waals surface area contributed by atoms with Crippen LogP contribution in [0.4, 0.5) is 0 Å². The Morgan fingerprint density at radius 2 is 1.89 bits per heavy atom. The second kappa shape index (κ2) is 5.65. The minimum absolute atomic E-state index is 0.517. The van der Waals surface area contributed by atoms with E-state index in [1.165, 1.54) is 0 Å². The molecule has 4 heteroatoms. The van der Waals surface area contributed by atoms with Gasteiger partial charge in [0, 0.05) is 24.5 Å². The van der Waals surface area contributed by atoms with Crippen molar-refractivity contribution in [2.45, 2.75) is 13.0 Å². The fourth-order valence-electron chi connectivity index (χ4n) is 1.76. The maximum atomic E-state index is 8.74. The molecule has 0 atom stereocenters. The Morgan fingerprint density at radius 3 is 2.56 bits per heavy atom. The van der Waals surface area contributed by atoms with Gasteiger partial charge in [-0.15, -0.1) is 0 Å². The van der Waals surface area contributed by atoms with Crippen molar-refractivity contribution < 1.29 is 0 Å². The first-order chi connectivity index (χ1) is 8.85. The lowest BCUT2D eigenvalue weighted by atomic mass is 10.1. The molecule has 0 fully saturated rings. The fraction of sp³-hybridized carbons (Fsp3) is 0.214. The zero-order valence-corrected chi connectivity index (χ0v) is 9.82. The third-order valence-corrected chi connectivity index (χ3v) is 2.72. The van der Waals surface area contributed by atoms with Crippen molar-refractivity contribution in [3.05, 3.63) is 42.7 Å². The van der Waals surface area contributed by atoms with Crippen LogP contribution in [0.5, 0.6) is 0 Å². The summed E-state index contributed by atoms with van der Waals surface area (Å²) in [4.78, 5) is 4.31. The summed E-state index contributed by atoms with van der Waals surface area (Å²) in [5.41, 5.74) is 1.04. The van der Waals surface area contributed by atoms with E-state index in [1.807, 2.05) is 53.2 Å². The van der Waals surface area contributed by atoms with Crippen molar-refractivity contribution in [3.8, 4) is 23.5 Å². The smallest absolute Gasteiger partial charge is 0.139 e. The molecule has 2 rings (SSSR count). The topological polar surface area (TPSA) is 65.4 Å². The van der Waals surface area contributed by atoms with Crippen LogP contribution in [0.1, 0.15) is 6.42 Å². The van der Waals surface area contributed by atoms with Gasteiger partial charge in [-0.05, 0) is 6.42 Å². The van der Waals surface area contributed by atoms with E-state index in [0.717, 1.165) is 11.4 Å². The van der Waals surface area contributed by atoms with Crippen LogP contribution in [0.2, 0.25) is 0 Å². The maximum Gasteiger partial charge on any atom is 0.139 e. The molecule has 0 radical (unpaired) electrons. The molecule has 2 aromatic rings. The molecule has 0 amide bonds. The van der Waals surface area contributed by atoms with Crippen molar-refractivity contribution in [2.24, 2.45) is 5.92 Å². The van der Waals surface area contributed by atoms with Crippen LogP contribution in [-0.4, -0.2) is 9.55 Å². The van der Waals surface area contributed by atoms with Crippen molar-refractivity contribution in [1.29, 1.82) is 10.5 Å². The second-order valence-corrected chi connectivity index (χ2v) is 3.91. The Balaban J connectivity index is 2.15. The zero-order valence-electron chi connectivity index (χ0n) is 9.82. The van der Waals surface area contributed by atoms with E-state index in [2.05, 4.69) is 4.98 Å². The molecule has 18 heavy (non-hydrogen) atoms. The average Bonchev–Trinajstić information content (AvgIpc) is 2.89. The summed E-state index contributed by atoms with van der Waals surface area (Å²) in [5, 5.41) is 17.5. The summed E-state index contributed by atoms with van der Waals surface area (Å²) in [6.45, 7) is 0.621. The number of nitriles is 2. The van der Waals surface area contributed by atoms with Gasteiger partial charge in [-0.3, -0.25) is 0 Å². The summed E-state index contributed by atoms with van der Waals surface area (Å²) in [5.74, 6) is 0.307. The van der Waals surface area contributed by atoms with Crippen LogP contribution in [-0.2, 0) is 6.54 Å². The normalized spacial score (nSPS) is 9.94. The SMILES string of the molecule is N#CC(C#N)CCn1ccnc1-c1ccccc1. The first kappa shape index (κ1) is 11.9. The lowest BCUT2D eigenvalue weighted by Crippen LogP contribution is -2.04. The number of aromatic nitrogens is 2. The van der Waals surface area contributed by atoms with Gasteiger partial charge in [0.1, 0.15) is 11.7 Å². The van der Waals surface area contributed by atoms with E-state index in [9.17, 15) is 0 Å². The molecule has 1 aromatic heterocycles. The number of hydrogen-bond donors (Lipinski definition) is 0. The van der Waals surface area contributed by atoms with Gasteiger partial charge in [0.2, 0.25) is 0 Å². The van der Waals surface area contributed by atoms with Gasteiger partial charge in [-0.2, -0.15) is 10.5 Å². The molecule has 1 aromatic carbocycles. The Hall–Kier alpha value is -2.59. The molecule has 0 N–H and O–H groups in total. The van der Waals surface area contributed by atoms with E-state index >= 15 is 0 Å². The summed E-state index contributed by atoms with van der Waals surface area (Å²) < 4.78 is 1.97. The highest BCUT2D eigenvalue weighted by atomic mass is 15.1. The zero-order chi connectivity index (χ0) is 12.8. The van der Waals surface area contributed by atoms with E-state index in [1.54, 1.807) is 6.20 Å². The summed E-state index contributed by atoms with van der Waals surface area (Å²) in [7, 11) is 0. The predicted molar refractivity (Wildman–Crippen MR) is 67.0 cm³/mol. The average molecular weight is 236 g/mol. The minimum atomic E-state index is -0.559. The highest BCUT2D eigenvalue weighted by molar-refractivity contribution is 5.55. The number of aryl methyl sites for hydroxylation is 1. The molecule has 0 aliphatic rings. The Labute approximate surface area is 106 Å². The molecule has 0 unspecified atom stereocenters. The van der Waals surface area contributed by atoms with E-state index < -0.39 is 5.92 Å². The second-order valence-electron chi connectivity index (χ2n) is 3.91. The van der Waals surface area contributed by atoms with Crippen LogP contribution in [0.3, 0.4) is 0 Å². The molecule has 0 saturated heterocycles. The fourth-order valence-corrected chi connectivity index (χ4v) is 1.76. The van der Waals surface area contributed by atoms with Crippen LogP contribution in [0.15, 0.2) is 42.7 Å². The van der Waals surface area contributed by atoms with Crippen LogP contribution in [0, 0.1) is 28.6 Å². The molecule has 0 saturated carbocycles. The van der Waals surface area contributed by atoms with Gasteiger partial charge in [-0.25, -0.2) is 4.98 Å². The molecule has 4 nitrogen and oxygen atoms in total. The standard InChI is InChI=1S/C14H12N4/c15-10-12(11-16)6-8-18-9-7-17-14(18)13-4-2-1-3-5-13/h1-5,7,9,12H,6,8H2. The van der Waals surface area contributed by atoms with Gasteiger partial charge >= 0.3 is 0 Å². The van der Waals surface area contributed by atoms with Crippen molar-refractivity contribution in [1.82, 2.24) is 9.55 Å². The van der Waals surface area contributed by atoms with E-state index in [-0.39, 0.29) is 0 Å². The van der Waals surface area contributed by atoms with E-state index in [0.29, 0.717) is 13.0 Å². The third-order valence-electron chi connectivity index (χ3n) is 2.72. The van der Waals surface area contributed by atoms with Gasteiger partial charge < -0.3 is 4.57 Å². The Morgan fingerprint density at radius 1 is 1.17 bits per heavy atom. The molecule has 1 heterocycles. The number of rotatable bonds is 4. The predicted octanol–water partition coefficient (Wildman–Crippen LogP) is 2.60. The van der Waals surface area contributed by atoms with Gasteiger partial charge in [0.05, 0.1) is 12.1 Å². The Kier molecular flexibility index (Phi) is 3.73. The number of imidazole rings is 1. The van der Waals surface area contributed by atoms with Crippen LogP contribution < -0.4 is 0 Å². The number of nitrogens with zero attached hydrogens (tertiary/aromatic N) is 4. The first-order valence-corrected chi connectivity index (χ1v) is 5.71. The number of hydrogen-bond acceptors (Lipinski definition) is 3. The molecule has 0 aliphatic carbocycles. The van der Waals surface area contributed by atoms with Gasteiger partial charge in [0.15, 0.2) is 0 Å². The molecular weight excluding hydrogens is 224 g/mol. The molecule has 0 aliphatic heterocycles. The molecule has 0 bridgehead atoms. The largest absolute Gasteiger partial charge is 0.331 e. The van der Waals surface area contributed by atoms with Crippen LogP contribution in [0.25, 0.3) is 11.4 Å². The summed E-state index contributed by atoms with van der Waals surface area (Å²) >= 11 is 0. The highest BCUT2D eigenvalue weighted by Gasteiger charge is 2.09. The third kappa shape index (κ3) is 2.56. The monoisotopic (exact) mass is 236 g/mol. The van der Waals surface area contributed by atoms with Gasteiger partial charge in [0.25, 0.3) is 0 Å². The molecule has 0 spiro atoms. The summed E-state index contributed by atoms with van der Waals surface area (Å²) in [6, 6.07) is 13.8. The van der Waals surface area contributed by atoms with Crippen molar-refractivity contribution >= 4 is 0 Å². The van der Waals surface area contributed by atoms with Crippen LogP contribution >= 0.6 is 0 Å². The quantitative estimate of drug-likeness (QED) is 0.819. The van der Waals surface area contributed by atoms with E-state index in [4.69, 9.17) is 10.5 Å². The Bertz CT molecular complexity index is 572. The summed E-state index contributed by atoms with van der Waals surface area (Å²) in [6.07, 6.45) is 4.12. The highest BCUT2D eigenvalue weighted by Crippen LogP contribution is 2.17.